The van der Waals surface area contributed by atoms with Crippen molar-refractivity contribution in [2.45, 2.75) is 33.2 Å². The maximum absolute atomic E-state index is 11.8. The van der Waals surface area contributed by atoms with Crippen molar-refractivity contribution in [3.8, 4) is 0 Å². The van der Waals surface area contributed by atoms with E-state index in [-0.39, 0.29) is 24.5 Å². The van der Waals surface area contributed by atoms with Crippen LogP contribution in [-0.4, -0.2) is 54.5 Å². The summed E-state index contributed by atoms with van der Waals surface area (Å²) in [6, 6.07) is -0.00621. The second kappa shape index (κ2) is 6.00. The van der Waals surface area contributed by atoms with Crippen LogP contribution in [0.1, 0.15) is 27.2 Å². The monoisotopic (exact) mass is 241 g/mol. The third kappa shape index (κ3) is 3.43. The molecule has 1 aliphatic rings. The maximum Gasteiger partial charge on any atom is 0.327 e. The summed E-state index contributed by atoms with van der Waals surface area (Å²) in [4.78, 5) is 26.2. The molecule has 5 heteroatoms. The molecule has 1 rings (SSSR count). The lowest BCUT2D eigenvalue weighted by Crippen LogP contribution is -2.46. The van der Waals surface area contributed by atoms with E-state index in [1.54, 1.807) is 7.05 Å². The Labute approximate surface area is 103 Å². The highest BCUT2D eigenvalue weighted by atomic mass is 16.2. The van der Waals surface area contributed by atoms with E-state index in [4.69, 9.17) is 0 Å². The molecule has 0 aromatic carbocycles. The minimum absolute atomic E-state index is 0.0959. The Bertz CT molecular complexity index is 291. The van der Waals surface area contributed by atoms with Gasteiger partial charge in [-0.1, -0.05) is 20.8 Å². The Morgan fingerprint density at radius 2 is 2.00 bits per heavy atom. The molecule has 0 spiro atoms. The molecule has 98 valence electrons. The summed E-state index contributed by atoms with van der Waals surface area (Å²) < 4.78 is 0. The normalized spacial score (nSPS) is 18.4. The highest BCUT2D eigenvalue weighted by molar-refractivity contribution is 6.01. The van der Waals surface area contributed by atoms with Gasteiger partial charge in [0, 0.05) is 19.6 Å². The summed E-state index contributed by atoms with van der Waals surface area (Å²) in [5, 5.41) is 3.39. The second-order valence-electron chi connectivity index (χ2n) is 4.95. The first-order valence-electron chi connectivity index (χ1n) is 6.26. The van der Waals surface area contributed by atoms with Gasteiger partial charge < -0.3 is 10.2 Å². The predicted molar refractivity (Wildman–Crippen MR) is 66.7 cm³/mol. The highest BCUT2D eigenvalue weighted by Gasteiger charge is 2.35. The van der Waals surface area contributed by atoms with Crippen molar-refractivity contribution in [1.29, 1.82) is 0 Å². The van der Waals surface area contributed by atoms with E-state index in [0.29, 0.717) is 12.5 Å². The minimum Gasteiger partial charge on any atom is -0.318 e. The SMILES string of the molecule is CCCNC(CN1C(=O)CN(C)C1=O)C(C)C. The first-order chi connectivity index (χ1) is 7.97. The number of carbonyl (C=O) groups excluding carboxylic acids is 2. The molecular formula is C12H23N3O2. The van der Waals surface area contributed by atoms with Crippen molar-refractivity contribution in [1.82, 2.24) is 15.1 Å². The lowest BCUT2D eigenvalue weighted by atomic mass is 10.0. The molecule has 1 heterocycles. The number of carbonyl (C=O) groups is 2. The van der Waals surface area contributed by atoms with Crippen LogP contribution in [0.25, 0.3) is 0 Å². The molecule has 1 aliphatic heterocycles. The van der Waals surface area contributed by atoms with E-state index >= 15 is 0 Å². The molecule has 0 aromatic rings. The molecule has 0 bridgehead atoms. The molecule has 0 saturated carbocycles. The smallest absolute Gasteiger partial charge is 0.318 e. The Morgan fingerprint density at radius 1 is 1.35 bits per heavy atom. The van der Waals surface area contributed by atoms with E-state index in [0.717, 1.165) is 13.0 Å². The van der Waals surface area contributed by atoms with Crippen LogP contribution in [0.3, 0.4) is 0 Å². The van der Waals surface area contributed by atoms with Crippen molar-refractivity contribution >= 4 is 11.9 Å². The summed E-state index contributed by atoms with van der Waals surface area (Å²) in [5.41, 5.74) is 0. The van der Waals surface area contributed by atoms with Crippen molar-refractivity contribution in [2.75, 3.05) is 26.7 Å². The highest BCUT2D eigenvalue weighted by Crippen LogP contribution is 2.12. The fraction of sp³-hybridized carbons (Fsp3) is 0.833. The number of urea groups is 1. The zero-order valence-corrected chi connectivity index (χ0v) is 11.2. The number of rotatable bonds is 6. The van der Waals surface area contributed by atoms with Crippen molar-refractivity contribution in [3.05, 3.63) is 0 Å². The molecule has 5 nitrogen and oxygen atoms in total. The Kier molecular flexibility index (Phi) is 4.93. The quantitative estimate of drug-likeness (QED) is 0.703. The predicted octanol–water partition coefficient (Wildman–Crippen LogP) is 0.905. The summed E-state index contributed by atoms with van der Waals surface area (Å²) in [7, 11) is 1.66. The molecule has 0 aliphatic carbocycles. The minimum atomic E-state index is -0.182. The number of nitrogens with zero attached hydrogens (tertiary/aromatic N) is 2. The van der Waals surface area contributed by atoms with Gasteiger partial charge in [0.15, 0.2) is 0 Å². The molecule has 0 aromatic heterocycles. The van der Waals surface area contributed by atoms with Crippen LogP contribution in [0.15, 0.2) is 0 Å². The molecule has 1 fully saturated rings. The van der Waals surface area contributed by atoms with Gasteiger partial charge in [-0.3, -0.25) is 9.69 Å². The first-order valence-corrected chi connectivity index (χ1v) is 6.26. The van der Waals surface area contributed by atoms with Gasteiger partial charge in [0.25, 0.3) is 0 Å². The Hall–Kier alpha value is -1.10. The Balaban J connectivity index is 2.60. The number of nitrogens with one attached hydrogen (secondary N) is 1. The van der Waals surface area contributed by atoms with E-state index in [9.17, 15) is 9.59 Å². The van der Waals surface area contributed by atoms with Gasteiger partial charge >= 0.3 is 6.03 Å². The van der Waals surface area contributed by atoms with Crippen LogP contribution < -0.4 is 5.32 Å². The molecule has 1 N–H and O–H groups in total. The Morgan fingerprint density at radius 3 is 2.41 bits per heavy atom. The maximum atomic E-state index is 11.8. The average Bonchev–Trinajstić information content (AvgIpc) is 2.49. The third-order valence-corrected chi connectivity index (χ3v) is 3.07. The summed E-state index contributed by atoms with van der Waals surface area (Å²) >= 11 is 0. The fourth-order valence-electron chi connectivity index (χ4n) is 1.89. The van der Waals surface area contributed by atoms with Crippen LogP contribution in [-0.2, 0) is 4.79 Å². The van der Waals surface area contributed by atoms with Gasteiger partial charge in [-0.15, -0.1) is 0 Å². The van der Waals surface area contributed by atoms with Crippen LogP contribution in [0.4, 0.5) is 4.79 Å². The molecule has 3 amide bonds. The van der Waals surface area contributed by atoms with Gasteiger partial charge in [0.1, 0.15) is 6.54 Å². The largest absolute Gasteiger partial charge is 0.327 e. The molecule has 1 saturated heterocycles. The number of imide groups is 1. The van der Waals surface area contributed by atoms with Gasteiger partial charge in [0.05, 0.1) is 0 Å². The average molecular weight is 241 g/mol. The standard InChI is InChI=1S/C12H23N3O2/c1-5-6-13-10(9(2)3)7-15-11(16)8-14(4)12(15)17/h9-10,13H,5-8H2,1-4H3. The van der Waals surface area contributed by atoms with Crippen molar-refractivity contribution in [3.63, 3.8) is 0 Å². The van der Waals surface area contributed by atoms with E-state index in [2.05, 4.69) is 26.1 Å². The van der Waals surface area contributed by atoms with E-state index in [1.807, 2.05) is 0 Å². The summed E-state index contributed by atoms with van der Waals surface area (Å²) in [5.74, 6) is 0.300. The number of amides is 3. The number of hydrogen-bond acceptors (Lipinski definition) is 3. The number of likely N-dealkylation sites (N-methyl/N-ethyl adjacent to an activating group) is 1. The first kappa shape index (κ1) is 14.0. The van der Waals surface area contributed by atoms with Gasteiger partial charge in [-0.2, -0.15) is 0 Å². The van der Waals surface area contributed by atoms with Crippen molar-refractivity contribution < 1.29 is 9.59 Å². The molecule has 1 atom stereocenters. The topological polar surface area (TPSA) is 52.7 Å². The molecule has 17 heavy (non-hydrogen) atoms. The summed E-state index contributed by atoms with van der Waals surface area (Å²) in [6.07, 6.45) is 1.05. The molecular weight excluding hydrogens is 218 g/mol. The second-order valence-corrected chi connectivity index (χ2v) is 4.95. The third-order valence-electron chi connectivity index (χ3n) is 3.07. The summed E-state index contributed by atoms with van der Waals surface area (Å²) in [6.45, 7) is 7.89. The zero-order chi connectivity index (χ0) is 13.0. The van der Waals surface area contributed by atoms with Crippen LogP contribution >= 0.6 is 0 Å². The zero-order valence-electron chi connectivity index (χ0n) is 11.2. The van der Waals surface area contributed by atoms with E-state index in [1.165, 1.54) is 9.80 Å². The van der Waals surface area contributed by atoms with Crippen LogP contribution in [0.5, 0.6) is 0 Å². The van der Waals surface area contributed by atoms with Crippen molar-refractivity contribution in [2.24, 2.45) is 5.92 Å². The number of hydrogen-bond donors (Lipinski definition) is 1. The van der Waals surface area contributed by atoms with E-state index < -0.39 is 0 Å². The fourth-order valence-corrected chi connectivity index (χ4v) is 1.89. The lowest BCUT2D eigenvalue weighted by molar-refractivity contribution is -0.125. The molecule has 0 radical (unpaired) electrons. The lowest BCUT2D eigenvalue weighted by Gasteiger charge is -2.26. The van der Waals surface area contributed by atoms with Gasteiger partial charge in [-0.25, -0.2) is 4.79 Å². The molecule has 1 unspecified atom stereocenters. The van der Waals surface area contributed by atoms with Crippen LogP contribution in [0.2, 0.25) is 0 Å². The van der Waals surface area contributed by atoms with Gasteiger partial charge in [0.2, 0.25) is 5.91 Å². The van der Waals surface area contributed by atoms with Crippen LogP contribution in [0, 0.1) is 5.92 Å². The van der Waals surface area contributed by atoms with Gasteiger partial charge in [-0.05, 0) is 18.9 Å².